The molecule has 2 aromatic heterocycles. The molecule has 8 nitrogen and oxygen atoms in total. The third kappa shape index (κ3) is 3.81. The quantitative estimate of drug-likeness (QED) is 0.629. The monoisotopic (exact) mass is 457 g/mol. The van der Waals surface area contributed by atoms with E-state index in [-0.39, 0.29) is 11.5 Å². The van der Waals surface area contributed by atoms with E-state index in [9.17, 15) is 10.1 Å². The molecule has 0 bridgehead atoms. The van der Waals surface area contributed by atoms with E-state index in [1.165, 1.54) is 0 Å². The van der Waals surface area contributed by atoms with Crippen molar-refractivity contribution < 1.29 is 9.47 Å². The zero-order valence-corrected chi connectivity index (χ0v) is 19.0. The number of fused-ring (bicyclic) bond motifs is 1. The molecule has 3 aliphatic rings. The van der Waals surface area contributed by atoms with Crippen LogP contribution in [0.2, 0.25) is 0 Å². The van der Waals surface area contributed by atoms with Gasteiger partial charge in [0.15, 0.2) is 11.5 Å². The lowest BCUT2D eigenvalue weighted by Crippen LogP contribution is -2.43. The second-order valence-corrected chi connectivity index (χ2v) is 9.33. The fourth-order valence-electron chi connectivity index (χ4n) is 5.54. The average molecular weight is 458 g/mol. The Hall–Kier alpha value is -3.41. The highest BCUT2D eigenvalue weighted by Crippen LogP contribution is 2.36. The number of ether oxygens (including phenoxy) is 2. The van der Waals surface area contributed by atoms with E-state index < -0.39 is 0 Å². The van der Waals surface area contributed by atoms with Gasteiger partial charge in [-0.05, 0) is 43.5 Å². The first-order chi connectivity index (χ1) is 16.7. The van der Waals surface area contributed by atoms with Crippen LogP contribution >= 0.6 is 0 Å². The van der Waals surface area contributed by atoms with E-state index in [2.05, 4.69) is 21.3 Å². The topological polar surface area (TPSA) is 92.4 Å². The molecule has 0 aliphatic carbocycles. The number of benzene rings is 1. The van der Waals surface area contributed by atoms with E-state index in [0.717, 1.165) is 66.1 Å². The van der Waals surface area contributed by atoms with Gasteiger partial charge < -0.3 is 24.3 Å². The molecular weight excluding hydrogens is 430 g/mol. The minimum atomic E-state index is 0.0157. The van der Waals surface area contributed by atoms with E-state index in [0.29, 0.717) is 37.9 Å². The van der Waals surface area contributed by atoms with Gasteiger partial charge in [-0.3, -0.25) is 9.78 Å². The summed E-state index contributed by atoms with van der Waals surface area (Å²) in [5, 5.41) is 14.4. The summed E-state index contributed by atoms with van der Waals surface area (Å²) in [4.78, 5) is 19.4. The first-order valence-corrected chi connectivity index (χ1v) is 12.0. The Morgan fingerprint density at radius 1 is 1.12 bits per heavy atom. The normalized spacial score (nSPS) is 19.9. The smallest absolute Gasteiger partial charge is 0.251 e. The number of hydrogen-bond donors (Lipinski definition) is 1. The second kappa shape index (κ2) is 8.75. The van der Waals surface area contributed by atoms with Crippen molar-refractivity contribution in [1.29, 1.82) is 5.26 Å². The maximum atomic E-state index is 12.5. The summed E-state index contributed by atoms with van der Waals surface area (Å²) in [6.45, 7) is 5.35. The van der Waals surface area contributed by atoms with Gasteiger partial charge >= 0.3 is 0 Å². The molecule has 1 N–H and O–H groups in total. The number of nitriles is 1. The maximum absolute atomic E-state index is 12.5. The lowest BCUT2D eigenvalue weighted by Gasteiger charge is -2.34. The molecular formula is C26H27N5O3. The SMILES string of the molecule is N#Cc1ccc2ccc(=O)n3c2c1C(CN1CCC(NCc2cc4c(cn2)OCCO4)CC1)C3. The van der Waals surface area contributed by atoms with Crippen LogP contribution in [0.1, 0.15) is 35.6 Å². The minimum absolute atomic E-state index is 0.0157. The largest absolute Gasteiger partial charge is 0.486 e. The third-order valence-electron chi connectivity index (χ3n) is 7.25. The zero-order chi connectivity index (χ0) is 23.1. The number of piperidine rings is 1. The van der Waals surface area contributed by atoms with Crippen LogP contribution in [0.4, 0.5) is 0 Å². The third-order valence-corrected chi connectivity index (χ3v) is 7.25. The Labute approximate surface area is 197 Å². The van der Waals surface area contributed by atoms with Gasteiger partial charge in [0.1, 0.15) is 13.2 Å². The predicted octanol–water partition coefficient (Wildman–Crippen LogP) is 2.39. The summed E-state index contributed by atoms with van der Waals surface area (Å²) in [5.41, 5.74) is 3.65. The van der Waals surface area contributed by atoms with Gasteiger partial charge in [0.2, 0.25) is 0 Å². The minimum Gasteiger partial charge on any atom is -0.486 e. The molecule has 1 aromatic carbocycles. The van der Waals surface area contributed by atoms with Crippen LogP contribution in [-0.2, 0) is 13.1 Å². The van der Waals surface area contributed by atoms with E-state index in [1.54, 1.807) is 12.3 Å². The molecule has 3 aliphatic heterocycles. The number of aromatic nitrogens is 2. The lowest BCUT2D eigenvalue weighted by atomic mass is 9.93. The standard InChI is InChI=1S/C26H27N5O3/c27-12-18-2-1-17-3-4-24(32)31-16-19(25(18)26(17)31)15-30-7-5-20(6-8-30)28-13-21-11-22-23(14-29-21)34-10-9-33-22/h1-4,11,14,19-20,28H,5-10,13,15-16H2. The van der Waals surface area contributed by atoms with E-state index in [1.807, 2.05) is 28.8 Å². The van der Waals surface area contributed by atoms with Crippen LogP contribution in [0.25, 0.3) is 10.9 Å². The zero-order valence-electron chi connectivity index (χ0n) is 19.0. The summed E-state index contributed by atoms with van der Waals surface area (Å²) in [7, 11) is 0. The van der Waals surface area contributed by atoms with Crippen LogP contribution in [0, 0.1) is 11.3 Å². The highest BCUT2D eigenvalue weighted by atomic mass is 16.6. The maximum Gasteiger partial charge on any atom is 0.251 e. The number of pyridine rings is 2. The van der Waals surface area contributed by atoms with Crippen molar-refractivity contribution in [3.63, 3.8) is 0 Å². The summed E-state index contributed by atoms with van der Waals surface area (Å²) in [6, 6.07) is 12.1. The Morgan fingerprint density at radius 3 is 2.74 bits per heavy atom. The van der Waals surface area contributed by atoms with Crippen molar-refractivity contribution in [2.45, 2.75) is 37.9 Å². The molecule has 174 valence electrons. The van der Waals surface area contributed by atoms with Crippen molar-refractivity contribution in [2.24, 2.45) is 0 Å². The van der Waals surface area contributed by atoms with Crippen molar-refractivity contribution in [3.05, 3.63) is 63.7 Å². The first-order valence-electron chi connectivity index (χ1n) is 12.0. The van der Waals surface area contributed by atoms with Crippen LogP contribution in [0.5, 0.6) is 11.5 Å². The summed E-state index contributed by atoms with van der Waals surface area (Å²) in [5.74, 6) is 1.66. The number of hydrogen-bond acceptors (Lipinski definition) is 7. The van der Waals surface area contributed by atoms with Crippen molar-refractivity contribution in [1.82, 2.24) is 19.8 Å². The van der Waals surface area contributed by atoms with E-state index in [4.69, 9.17) is 9.47 Å². The van der Waals surface area contributed by atoms with Gasteiger partial charge in [-0.15, -0.1) is 0 Å². The Kier molecular flexibility index (Phi) is 5.44. The number of likely N-dealkylation sites (tertiary alicyclic amines) is 1. The molecule has 1 atom stereocenters. The molecule has 1 fully saturated rings. The van der Waals surface area contributed by atoms with Crippen molar-refractivity contribution >= 4 is 10.9 Å². The molecule has 34 heavy (non-hydrogen) atoms. The molecule has 5 heterocycles. The Morgan fingerprint density at radius 2 is 1.91 bits per heavy atom. The van der Waals surface area contributed by atoms with Crippen LogP contribution < -0.4 is 20.3 Å². The Bertz CT molecular complexity index is 1340. The molecule has 8 heteroatoms. The summed E-state index contributed by atoms with van der Waals surface area (Å²) >= 11 is 0. The summed E-state index contributed by atoms with van der Waals surface area (Å²) < 4.78 is 13.1. The average Bonchev–Trinajstić information content (AvgIpc) is 3.26. The van der Waals surface area contributed by atoms with Gasteiger partial charge in [0.25, 0.3) is 5.56 Å². The molecule has 6 rings (SSSR count). The van der Waals surface area contributed by atoms with E-state index >= 15 is 0 Å². The van der Waals surface area contributed by atoms with Gasteiger partial charge in [0.05, 0.1) is 29.0 Å². The highest BCUT2D eigenvalue weighted by Gasteiger charge is 2.31. The first kappa shape index (κ1) is 21.1. The highest BCUT2D eigenvalue weighted by molar-refractivity contribution is 5.86. The van der Waals surface area contributed by atoms with Crippen molar-refractivity contribution in [3.8, 4) is 17.6 Å². The molecule has 0 saturated carbocycles. The molecule has 3 aromatic rings. The number of nitrogens with one attached hydrogen (secondary N) is 1. The molecule has 0 spiro atoms. The van der Waals surface area contributed by atoms with Crippen LogP contribution in [0.15, 0.2) is 41.3 Å². The molecule has 0 radical (unpaired) electrons. The van der Waals surface area contributed by atoms with Crippen molar-refractivity contribution in [2.75, 3.05) is 32.8 Å². The van der Waals surface area contributed by atoms with Gasteiger partial charge in [-0.1, -0.05) is 6.07 Å². The lowest BCUT2D eigenvalue weighted by molar-refractivity contribution is 0.170. The van der Waals surface area contributed by atoms with Gasteiger partial charge in [-0.2, -0.15) is 5.26 Å². The number of rotatable bonds is 5. The second-order valence-electron chi connectivity index (χ2n) is 9.33. The Balaban J connectivity index is 1.08. The number of nitrogens with zero attached hydrogens (tertiary/aromatic N) is 4. The fraction of sp³-hybridized carbons (Fsp3) is 0.423. The van der Waals surface area contributed by atoms with Gasteiger partial charge in [0, 0.05) is 49.3 Å². The van der Waals surface area contributed by atoms with Crippen LogP contribution in [0.3, 0.4) is 0 Å². The molecule has 0 amide bonds. The summed E-state index contributed by atoms with van der Waals surface area (Å²) in [6.07, 6.45) is 3.86. The fourth-order valence-corrected chi connectivity index (χ4v) is 5.54. The predicted molar refractivity (Wildman–Crippen MR) is 127 cm³/mol. The molecule has 1 unspecified atom stereocenters. The molecule has 1 saturated heterocycles. The van der Waals surface area contributed by atoms with Gasteiger partial charge in [-0.25, -0.2) is 0 Å². The van der Waals surface area contributed by atoms with Crippen LogP contribution in [-0.4, -0.2) is 53.3 Å².